The number of benzene rings is 3. The van der Waals surface area contributed by atoms with Gasteiger partial charge < -0.3 is 10.6 Å². The van der Waals surface area contributed by atoms with Crippen molar-refractivity contribution in [2.75, 3.05) is 11.0 Å². The number of hydrogen-bond donors (Lipinski definition) is 3. The third-order valence-electron chi connectivity index (χ3n) is 4.24. The molecule has 3 rings (SSSR count). The normalized spacial score (nSPS) is 10.5. The highest BCUT2D eigenvalue weighted by atomic mass is 32.2. The lowest BCUT2D eigenvalue weighted by Gasteiger charge is -2.11. The Balaban J connectivity index is 1.44. The van der Waals surface area contributed by atoms with E-state index in [9.17, 15) is 8.42 Å². The Hall–Kier alpha value is -3.34. The molecular weight excluding hydrogens is 426 g/mol. The largest absolute Gasteiger partial charge is 0.359 e. The summed E-state index contributed by atoms with van der Waals surface area (Å²) >= 11 is 5.34. The lowest BCUT2D eigenvalue weighted by Crippen LogP contribution is -2.34. The Morgan fingerprint density at radius 3 is 1.77 bits per heavy atom. The van der Waals surface area contributed by atoms with Crippen molar-refractivity contribution < 1.29 is 8.42 Å². The molecule has 3 aromatic rings. The maximum absolute atomic E-state index is 11.2. The summed E-state index contributed by atoms with van der Waals surface area (Å²) in [6.45, 7) is 1.15. The van der Waals surface area contributed by atoms with E-state index in [1.54, 1.807) is 12.1 Å². The molecule has 0 unspecified atom stereocenters. The third-order valence-corrected chi connectivity index (χ3v) is 5.14. The molecule has 0 heterocycles. The van der Waals surface area contributed by atoms with Crippen molar-refractivity contribution >= 4 is 33.0 Å². The van der Waals surface area contributed by atoms with Crippen LogP contribution in [0.1, 0.15) is 22.3 Å². The predicted molar refractivity (Wildman–Crippen MR) is 130 cm³/mol. The molecule has 0 aliphatic carbocycles. The van der Waals surface area contributed by atoms with Gasteiger partial charge in [-0.1, -0.05) is 54.3 Å². The zero-order valence-electron chi connectivity index (χ0n) is 17.1. The molecule has 0 aliphatic heterocycles. The van der Waals surface area contributed by atoms with E-state index in [1.807, 2.05) is 66.7 Å². The topological polar surface area (TPSA) is 70.2 Å². The first-order valence-electron chi connectivity index (χ1n) is 9.62. The van der Waals surface area contributed by atoms with Gasteiger partial charge in [0.2, 0.25) is 10.0 Å². The monoisotopic (exact) mass is 449 g/mol. The number of sulfonamides is 1. The van der Waals surface area contributed by atoms with E-state index in [1.165, 1.54) is 0 Å². The van der Waals surface area contributed by atoms with Crippen LogP contribution in [-0.4, -0.2) is 19.8 Å². The summed E-state index contributed by atoms with van der Waals surface area (Å²) in [5.41, 5.74) is 4.58. The Kier molecular flexibility index (Phi) is 7.65. The maximum atomic E-state index is 11.2. The van der Waals surface area contributed by atoms with Crippen molar-refractivity contribution in [2.24, 2.45) is 0 Å². The van der Waals surface area contributed by atoms with E-state index >= 15 is 0 Å². The second-order valence-electron chi connectivity index (χ2n) is 6.92. The first-order chi connectivity index (χ1) is 14.9. The molecule has 0 saturated heterocycles. The van der Waals surface area contributed by atoms with Crippen LogP contribution >= 0.6 is 12.2 Å². The van der Waals surface area contributed by atoms with Gasteiger partial charge in [0.15, 0.2) is 5.11 Å². The van der Waals surface area contributed by atoms with Crippen LogP contribution in [0.4, 0.5) is 5.69 Å². The molecule has 3 aromatic carbocycles. The molecule has 7 heteroatoms. The van der Waals surface area contributed by atoms with Crippen LogP contribution in [0.25, 0.3) is 0 Å². The average Bonchev–Trinajstić information content (AvgIpc) is 2.76. The second-order valence-corrected chi connectivity index (χ2v) is 9.08. The summed E-state index contributed by atoms with van der Waals surface area (Å²) in [7, 11) is -3.27. The third kappa shape index (κ3) is 8.13. The molecule has 0 amide bonds. The highest BCUT2D eigenvalue weighted by Gasteiger charge is 2.02. The summed E-state index contributed by atoms with van der Waals surface area (Å²) in [6.07, 6.45) is 1.12. The van der Waals surface area contributed by atoms with E-state index in [0.717, 1.165) is 28.5 Å². The molecule has 31 heavy (non-hydrogen) atoms. The lowest BCUT2D eigenvalue weighted by atomic mass is 10.1. The number of hydrogen-bond acceptors (Lipinski definition) is 3. The summed E-state index contributed by atoms with van der Waals surface area (Å²) in [5, 5.41) is 6.88. The van der Waals surface area contributed by atoms with Crippen LogP contribution in [-0.2, 0) is 23.1 Å². The second kappa shape index (κ2) is 10.6. The Morgan fingerprint density at radius 2 is 1.26 bits per heavy atom. The van der Waals surface area contributed by atoms with Gasteiger partial charge in [-0.05, 0) is 59.7 Å². The molecule has 0 atom stereocenters. The van der Waals surface area contributed by atoms with Crippen LogP contribution in [0.2, 0.25) is 0 Å². The van der Waals surface area contributed by atoms with Crippen LogP contribution in [0, 0.1) is 11.8 Å². The van der Waals surface area contributed by atoms with Crippen LogP contribution in [0.3, 0.4) is 0 Å². The molecule has 5 nitrogen and oxygen atoms in total. The molecule has 0 spiro atoms. The van der Waals surface area contributed by atoms with Gasteiger partial charge in [0, 0.05) is 29.9 Å². The van der Waals surface area contributed by atoms with E-state index < -0.39 is 10.0 Å². The number of nitrogens with one attached hydrogen (secondary N) is 3. The van der Waals surface area contributed by atoms with E-state index in [2.05, 4.69) is 27.2 Å². The van der Waals surface area contributed by atoms with Crippen LogP contribution in [0.5, 0.6) is 0 Å². The molecule has 0 aliphatic rings. The SMILES string of the molecule is CS(=O)(=O)Nc1ccc(CNC(=S)NCc2ccc(C#Cc3ccccc3)cc2)cc1. The Morgan fingerprint density at radius 1 is 0.774 bits per heavy atom. The minimum atomic E-state index is -3.27. The van der Waals surface area contributed by atoms with Crippen molar-refractivity contribution in [2.45, 2.75) is 13.1 Å². The molecule has 0 radical (unpaired) electrons. The maximum Gasteiger partial charge on any atom is 0.229 e. The number of rotatable bonds is 6. The van der Waals surface area contributed by atoms with Gasteiger partial charge in [0.1, 0.15) is 0 Å². The molecule has 3 N–H and O–H groups in total. The van der Waals surface area contributed by atoms with Gasteiger partial charge in [0.25, 0.3) is 0 Å². The Labute approximate surface area is 189 Å². The quantitative estimate of drug-likeness (QED) is 0.396. The van der Waals surface area contributed by atoms with E-state index in [0.29, 0.717) is 23.9 Å². The minimum absolute atomic E-state index is 0.531. The first kappa shape index (κ1) is 22.3. The minimum Gasteiger partial charge on any atom is -0.359 e. The van der Waals surface area contributed by atoms with Gasteiger partial charge in [0.05, 0.1) is 6.26 Å². The van der Waals surface area contributed by atoms with Gasteiger partial charge in [-0.2, -0.15) is 0 Å². The Bertz CT molecular complexity index is 1180. The van der Waals surface area contributed by atoms with Crippen molar-refractivity contribution in [1.82, 2.24) is 10.6 Å². The smallest absolute Gasteiger partial charge is 0.229 e. The number of thiocarbonyl (C=S) groups is 1. The predicted octanol–water partition coefficient (Wildman–Crippen LogP) is 3.62. The van der Waals surface area contributed by atoms with Crippen molar-refractivity contribution in [3.8, 4) is 11.8 Å². The van der Waals surface area contributed by atoms with Crippen LogP contribution in [0.15, 0.2) is 78.9 Å². The molecule has 0 fully saturated rings. The highest BCUT2D eigenvalue weighted by Crippen LogP contribution is 2.10. The van der Waals surface area contributed by atoms with Gasteiger partial charge >= 0.3 is 0 Å². The average molecular weight is 450 g/mol. The van der Waals surface area contributed by atoms with Crippen molar-refractivity contribution in [3.05, 3.63) is 101 Å². The molecule has 0 aromatic heterocycles. The summed E-state index contributed by atoms with van der Waals surface area (Å²) < 4.78 is 24.9. The summed E-state index contributed by atoms with van der Waals surface area (Å²) in [6, 6.07) is 25.1. The molecule has 0 saturated carbocycles. The molecular formula is C24H23N3O2S2. The molecule has 158 valence electrons. The lowest BCUT2D eigenvalue weighted by molar-refractivity contribution is 0.607. The fourth-order valence-corrected chi connectivity index (χ4v) is 3.41. The van der Waals surface area contributed by atoms with Crippen LogP contribution < -0.4 is 15.4 Å². The summed E-state index contributed by atoms with van der Waals surface area (Å²) in [4.78, 5) is 0. The van der Waals surface area contributed by atoms with Gasteiger partial charge in [-0.25, -0.2) is 8.42 Å². The first-order valence-corrected chi connectivity index (χ1v) is 11.9. The zero-order valence-corrected chi connectivity index (χ0v) is 18.7. The fraction of sp³-hybridized carbons (Fsp3) is 0.125. The number of anilines is 1. The van der Waals surface area contributed by atoms with Gasteiger partial charge in [-0.15, -0.1) is 0 Å². The fourth-order valence-electron chi connectivity index (χ4n) is 2.70. The van der Waals surface area contributed by atoms with Gasteiger partial charge in [-0.3, -0.25) is 4.72 Å². The van der Waals surface area contributed by atoms with E-state index in [-0.39, 0.29) is 0 Å². The summed E-state index contributed by atoms with van der Waals surface area (Å²) in [5.74, 6) is 6.31. The van der Waals surface area contributed by atoms with E-state index in [4.69, 9.17) is 12.2 Å². The van der Waals surface area contributed by atoms with Crippen molar-refractivity contribution in [1.29, 1.82) is 0 Å². The highest BCUT2D eigenvalue weighted by molar-refractivity contribution is 7.92. The zero-order chi connectivity index (χ0) is 22.1. The standard InChI is InChI=1S/C24H23N3O2S2/c1-31(28,29)27-23-15-13-22(14-16-23)18-26-24(30)25-17-21-11-9-20(10-12-21)8-7-19-5-3-2-4-6-19/h2-6,9-16,27H,17-18H2,1H3,(H2,25,26,30). The molecule has 0 bridgehead atoms. The van der Waals surface area contributed by atoms with Crippen molar-refractivity contribution in [3.63, 3.8) is 0 Å².